The zero-order valence-electron chi connectivity index (χ0n) is 10.1. The Bertz CT molecular complexity index is 753. The Hall–Kier alpha value is -2.21. The molecule has 0 aliphatic heterocycles. The molecule has 3 rings (SSSR count). The van der Waals surface area contributed by atoms with Crippen molar-refractivity contribution in [2.45, 2.75) is 16.8 Å². The van der Waals surface area contributed by atoms with E-state index in [4.69, 9.17) is 0 Å². The number of nitrogens with one attached hydrogen (secondary N) is 1. The third-order valence-corrected chi connectivity index (χ3v) is 3.91. The predicted octanol–water partition coefficient (Wildman–Crippen LogP) is 2.63. The highest BCUT2D eigenvalue weighted by atomic mass is 32.2. The van der Waals surface area contributed by atoms with Gasteiger partial charge in [-0.3, -0.25) is 4.79 Å². The lowest BCUT2D eigenvalue weighted by Gasteiger charge is -2.05. The van der Waals surface area contributed by atoms with E-state index in [-0.39, 0.29) is 0 Å². The molecule has 19 heavy (non-hydrogen) atoms. The van der Waals surface area contributed by atoms with Gasteiger partial charge in [0.2, 0.25) is 0 Å². The Morgan fingerprint density at radius 1 is 1.26 bits per heavy atom. The van der Waals surface area contributed by atoms with Crippen molar-refractivity contribution in [3.05, 3.63) is 42.0 Å². The lowest BCUT2D eigenvalue weighted by atomic mass is 10.2. The minimum atomic E-state index is 0.652. The van der Waals surface area contributed by atoms with Crippen molar-refractivity contribution >= 4 is 29.2 Å². The van der Waals surface area contributed by atoms with E-state index < -0.39 is 0 Å². The fraction of sp³-hybridized carbons (Fsp3) is 0.0769. The minimum Gasteiger partial charge on any atom is -0.341 e. The van der Waals surface area contributed by atoms with Gasteiger partial charge in [0, 0.05) is 10.5 Å². The minimum absolute atomic E-state index is 0.652. The number of aryl methyl sites for hydroxylation is 1. The van der Waals surface area contributed by atoms with Gasteiger partial charge >= 0.3 is 0 Å². The molecule has 94 valence electrons. The highest BCUT2D eigenvalue weighted by Crippen LogP contribution is 2.31. The Labute approximate surface area is 113 Å². The highest BCUT2D eigenvalue weighted by Gasteiger charge is 2.09. The lowest BCUT2D eigenvalue weighted by molar-refractivity contribution is 0.112. The first kappa shape index (κ1) is 11.9. The Morgan fingerprint density at radius 3 is 2.95 bits per heavy atom. The number of imidazole rings is 1. The van der Waals surface area contributed by atoms with Crippen LogP contribution in [0, 0.1) is 6.92 Å². The van der Waals surface area contributed by atoms with Crippen molar-refractivity contribution in [3.63, 3.8) is 0 Å². The van der Waals surface area contributed by atoms with Crippen LogP contribution in [0.25, 0.3) is 11.2 Å². The molecule has 0 spiro atoms. The largest absolute Gasteiger partial charge is 0.341 e. The number of hydrogen-bond donors (Lipinski definition) is 1. The number of nitrogens with zero attached hydrogens (tertiary/aromatic N) is 3. The van der Waals surface area contributed by atoms with Crippen molar-refractivity contribution in [1.82, 2.24) is 19.9 Å². The summed E-state index contributed by atoms with van der Waals surface area (Å²) in [5, 5.41) is 0.824. The zero-order valence-corrected chi connectivity index (χ0v) is 10.9. The predicted molar refractivity (Wildman–Crippen MR) is 72.4 cm³/mol. The maximum Gasteiger partial charge on any atom is 0.181 e. The average molecular weight is 270 g/mol. The number of rotatable bonds is 3. The Balaban J connectivity index is 2.01. The first-order chi connectivity index (χ1) is 9.28. The monoisotopic (exact) mass is 270 g/mol. The first-order valence-electron chi connectivity index (χ1n) is 5.65. The summed E-state index contributed by atoms with van der Waals surface area (Å²) in [7, 11) is 0. The summed E-state index contributed by atoms with van der Waals surface area (Å²) in [5.74, 6) is 0. The Morgan fingerprint density at radius 2 is 2.16 bits per heavy atom. The molecule has 0 radical (unpaired) electrons. The number of H-pyrrole nitrogens is 1. The smallest absolute Gasteiger partial charge is 0.181 e. The van der Waals surface area contributed by atoms with Crippen molar-refractivity contribution < 1.29 is 4.79 Å². The van der Waals surface area contributed by atoms with Gasteiger partial charge in [-0.25, -0.2) is 15.0 Å². The number of carbonyl (C=O) groups excluding carboxylic acids is 1. The van der Waals surface area contributed by atoms with Crippen LogP contribution in [0.1, 0.15) is 15.9 Å². The molecule has 0 aliphatic carbocycles. The van der Waals surface area contributed by atoms with Crippen LogP contribution in [0.4, 0.5) is 0 Å². The molecule has 0 saturated carbocycles. The SMILES string of the molecule is Cc1cc(C=O)ccc1Sc1ncnc2nc[nH]c12. The van der Waals surface area contributed by atoms with Gasteiger partial charge in [0.05, 0.1) is 6.33 Å². The number of carbonyl (C=O) groups is 1. The molecule has 0 amide bonds. The number of benzene rings is 1. The average Bonchev–Trinajstić information content (AvgIpc) is 2.90. The molecule has 0 unspecified atom stereocenters. The number of fused-ring (bicyclic) bond motifs is 1. The third kappa shape index (κ3) is 2.22. The van der Waals surface area contributed by atoms with Crippen molar-refractivity contribution in [2.24, 2.45) is 0 Å². The fourth-order valence-corrected chi connectivity index (χ4v) is 2.70. The van der Waals surface area contributed by atoms with Crippen molar-refractivity contribution in [2.75, 3.05) is 0 Å². The highest BCUT2D eigenvalue weighted by molar-refractivity contribution is 7.99. The number of aldehydes is 1. The van der Waals surface area contributed by atoms with E-state index >= 15 is 0 Å². The maximum absolute atomic E-state index is 10.7. The van der Waals surface area contributed by atoms with Crippen LogP contribution in [0.2, 0.25) is 0 Å². The summed E-state index contributed by atoms with van der Waals surface area (Å²) in [6.07, 6.45) is 3.95. The van der Waals surface area contributed by atoms with Gasteiger partial charge in [-0.15, -0.1) is 0 Å². The van der Waals surface area contributed by atoms with Gasteiger partial charge in [-0.2, -0.15) is 0 Å². The number of aromatic amines is 1. The molecule has 3 aromatic rings. The topological polar surface area (TPSA) is 71.5 Å². The summed E-state index contributed by atoms with van der Waals surface area (Å²) in [6, 6.07) is 5.59. The van der Waals surface area contributed by atoms with Crippen LogP contribution < -0.4 is 0 Å². The maximum atomic E-state index is 10.7. The van der Waals surface area contributed by atoms with E-state index in [0.717, 1.165) is 27.3 Å². The van der Waals surface area contributed by atoms with Gasteiger partial charge in [0.25, 0.3) is 0 Å². The molecule has 0 saturated heterocycles. The van der Waals surface area contributed by atoms with E-state index in [1.54, 1.807) is 12.4 Å². The molecular weight excluding hydrogens is 260 g/mol. The Kier molecular flexibility index (Phi) is 3.00. The molecule has 2 heterocycles. The standard InChI is InChI=1S/C13H10N4OS/c1-8-4-9(5-18)2-3-10(8)19-13-11-12(15-6-14-11)16-7-17-13/h2-7H,1H3,(H,14,15,16,17). The summed E-state index contributed by atoms with van der Waals surface area (Å²) >= 11 is 1.53. The van der Waals surface area contributed by atoms with Crippen molar-refractivity contribution in [1.29, 1.82) is 0 Å². The molecule has 1 N–H and O–H groups in total. The molecule has 0 fully saturated rings. The van der Waals surface area contributed by atoms with Gasteiger partial charge in [-0.1, -0.05) is 17.8 Å². The zero-order chi connectivity index (χ0) is 13.2. The summed E-state index contributed by atoms with van der Waals surface area (Å²) in [5.41, 5.74) is 3.20. The van der Waals surface area contributed by atoms with Crippen LogP contribution >= 0.6 is 11.8 Å². The van der Waals surface area contributed by atoms with Gasteiger partial charge in [-0.05, 0) is 24.6 Å². The van der Waals surface area contributed by atoms with E-state index in [2.05, 4.69) is 19.9 Å². The normalized spacial score (nSPS) is 10.8. The second-order valence-corrected chi connectivity index (χ2v) is 5.06. The molecule has 5 nitrogen and oxygen atoms in total. The lowest BCUT2D eigenvalue weighted by Crippen LogP contribution is -1.88. The number of hydrogen-bond acceptors (Lipinski definition) is 5. The van der Waals surface area contributed by atoms with Gasteiger partial charge in [0.1, 0.15) is 23.2 Å². The van der Waals surface area contributed by atoms with Crippen LogP contribution in [0.5, 0.6) is 0 Å². The van der Waals surface area contributed by atoms with Gasteiger partial charge in [0.15, 0.2) is 5.65 Å². The quantitative estimate of drug-likeness (QED) is 0.585. The van der Waals surface area contributed by atoms with Crippen LogP contribution in [-0.2, 0) is 0 Å². The van der Waals surface area contributed by atoms with E-state index in [0.29, 0.717) is 11.2 Å². The first-order valence-corrected chi connectivity index (χ1v) is 6.47. The molecule has 0 atom stereocenters. The van der Waals surface area contributed by atoms with Crippen LogP contribution in [0.3, 0.4) is 0 Å². The van der Waals surface area contributed by atoms with E-state index in [1.165, 1.54) is 18.1 Å². The van der Waals surface area contributed by atoms with Crippen LogP contribution in [0.15, 0.2) is 40.8 Å². The molecular formula is C13H10N4OS. The molecule has 6 heteroatoms. The number of aromatic nitrogens is 4. The third-order valence-electron chi connectivity index (χ3n) is 2.73. The molecule has 0 bridgehead atoms. The van der Waals surface area contributed by atoms with Gasteiger partial charge < -0.3 is 4.98 Å². The molecule has 0 aliphatic rings. The summed E-state index contributed by atoms with van der Waals surface area (Å²) in [6.45, 7) is 1.97. The van der Waals surface area contributed by atoms with E-state index in [9.17, 15) is 4.79 Å². The molecule has 2 aromatic heterocycles. The second kappa shape index (κ2) is 4.81. The fourth-order valence-electron chi connectivity index (χ4n) is 1.78. The van der Waals surface area contributed by atoms with E-state index in [1.807, 2.05) is 19.1 Å². The molecule has 1 aromatic carbocycles. The summed E-state index contributed by atoms with van der Waals surface area (Å²) in [4.78, 5) is 27.3. The van der Waals surface area contributed by atoms with Crippen LogP contribution in [-0.4, -0.2) is 26.2 Å². The summed E-state index contributed by atoms with van der Waals surface area (Å²) < 4.78 is 0. The second-order valence-electron chi connectivity index (χ2n) is 4.02. The van der Waals surface area contributed by atoms with Crippen molar-refractivity contribution in [3.8, 4) is 0 Å².